The minimum absolute atomic E-state index is 0.0777. The maximum atomic E-state index is 12.9. The second-order valence-corrected chi connectivity index (χ2v) is 7.28. The van der Waals surface area contributed by atoms with Crippen molar-refractivity contribution in [2.75, 3.05) is 17.2 Å². The van der Waals surface area contributed by atoms with Crippen molar-refractivity contribution in [1.29, 1.82) is 0 Å². The van der Waals surface area contributed by atoms with E-state index in [-0.39, 0.29) is 11.5 Å². The summed E-state index contributed by atoms with van der Waals surface area (Å²) in [5.74, 6) is -1.38. The molecule has 0 aliphatic heterocycles. The van der Waals surface area contributed by atoms with Crippen LogP contribution in [0.1, 0.15) is 78.7 Å². The van der Waals surface area contributed by atoms with Crippen LogP contribution < -0.4 is 10.6 Å². The number of unbranched alkanes of at least 4 members (excludes halogenated alkanes) is 4. The number of anilines is 2. The van der Waals surface area contributed by atoms with E-state index in [1.165, 1.54) is 30.9 Å². The number of carbonyl (C=O) groups excluding carboxylic acids is 1. The van der Waals surface area contributed by atoms with Crippen molar-refractivity contribution in [2.45, 2.75) is 58.8 Å². The van der Waals surface area contributed by atoms with Gasteiger partial charge in [0.2, 0.25) is 0 Å². The Morgan fingerprint density at radius 1 is 0.862 bits per heavy atom. The summed E-state index contributed by atoms with van der Waals surface area (Å²) >= 11 is 0. The van der Waals surface area contributed by atoms with E-state index in [9.17, 15) is 14.7 Å². The van der Waals surface area contributed by atoms with Gasteiger partial charge in [0.05, 0.1) is 16.8 Å². The number of hydrogen-bond acceptors (Lipinski definition) is 3. The summed E-state index contributed by atoms with van der Waals surface area (Å²) in [5.41, 5.74) is 2.92. The largest absolute Gasteiger partial charge is 0.478 e. The Morgan fingerprint density at radius 3 is 2.34 bits per heavy atom. The van der Waals surface area contributed by atoms with Crippen molar-refractivity contribution in [2.24, 2.45) is 0 Å². The summed E-state index contributed by atoms with van der Waals surface area (Å²) in [6.45, 7) is 5.12. The Balaban J connectivity index is 2.20. The predicted octanol–water partition coefficient (Wildman–Crippen LogP) is 5.97. The summed E-state index contributed by atoms with van der Waals surface area (Å²) in [7, 11) is 0. The Kier molecular flexibility index (Phi) is 9.22. The first-order chi connectivity index (χ1) is 14.1. The van der Waals surface area contributed by atoms with Crippen molar-refractivity contribution in [3.05, 3.63) is 59.2 Å². The quantitative estimate of drug-likeness (QED) is 0.386. The molecule has 2 rings (SSSR count). The lowest BCUT2D eigenvalue weighted by molar-refractivity contribution is 0.0698. The number of benzene rings is 2. The van der Waals surface area contributed by atoms with Crippen LogP contribution in [0, 0.1) is 0 Å². The zero-order valence-electron chi connectivity index (χ0n) is 17.5. The zero-order valence-corrected chi connectivity index (χ0v) is 17.5. The molecule has 5 nitrogen and oxygen atoms in total. The van der Waals surface area contributed by atoms with Gasteiger partial charge < -0.3 is 15.7 Å². The fourth-order valence-corrected chi connectivity index (χ4v) is 3.22. The number of amides is 1. The Bertz CT molecular complexity index is 818. The van der Waals surface area contributed by atoms with Crippen molar-refractivity contribution in [1.82, 2.24) is 0 Å². The topological polar surface area (TPSA) is 78.4 Å². The van der Waals surface area contributed by atoms with E-state index in [2.05, 4.69) is 30.5 Å². The third kappa shape index (κ3) is 6.93. The summed E-state index contributed by atoms with van der Waals surface area (Å²) in [6.07, 6.45) is 7.88. The highest BCUT2D eigenvalue weighted by atomic mass is 16.4. The number of rotatable bonds is 12. The lowest BCUT2D eigenvalue weighted by Gasteiger charge is -2.15. The molecule has 0 saturated heterocycles. The minimum Gasteiger partial charge on any atom is -0.478 e. The minimum atomic E-state index is -1.07. The van der Waals surface area contributed by atoms with Crippen LogP contribution in [0.2, 0.25) is 0 Å². The summed E-state index contributed by atoms with van der Waals surface area (Å²) in [6, 6.07) is 12.3. The number of hydrogen-bond donors (Lipinski definition) is 3. The molecule has 0 radical (unpaired) electrons. The van der Waals surface area contributed by atoms with E-state index in [4.69, 9.17) is 0 Å². The number of carbonyl (C=O) groups is 2. The Labute approximate surface area is 173 Å². The predicted molar refractivity (Wildman–Crippen MR) is 119 cm³/mol. The van der Waals surface area contributed by atoms with E-state index in [0.29, 0.717) is 11.3 Å². The molecule has 0 bridgehead atoms. The van der Waals surface area contributed by atoms with Gasteiger partial charge in [-0.05, 0) is 49.1 Å². The number of aromatic carboxylic acids is 1. The molecule has 5 heteroatoms. The van der Waals surface area contributed by atoms with Crippen LogP contribution in [0.15, 0.2) is 42.5 Å². The van der Waals surface area contributed by atoms with Gasteiger partial charge in [0.1, 0.15) is 0 Å². The first-order valence-electron chi connectivity index (χ1n) is 10.6. The van der Waals surface area contributed by atoms with Gasteiger partial charge in [0.25, 0.3) is 5.91 Å². The van der Waals surface area contributed by atoms with E-state index in [1.54, 1.807) is 18.2 Å². The van der Waals surface area contributed by atoms with Crippen LogP contribution in [0.5, 0.6) is 0 Å². The van der Waals surface area contributed by atoms with Crippen molar-refractivity contribution < 1.29 is 14.7 Å². The average Bonchev–Trinajstić information content (AvgIpc) is 2.72. The summed E-state index contributed by atoms with van der Waals surface area (Å²) in [4.78, 5) is 24.3. The molecule has 0 unspecified atom stereocenters. The lowest BCUT2D eigenvalue weighted by Crippen LogP contribution is -2.17. The number of aryl methyl sites for hydroxylation is 1. The third-order valence-electron chi connectivity index (χ3n) is 4.90. The van der Waals surface area contributed by atoms with E-state index < -0.39 is 5.97 Å². The second kappa shape index (κ2) is 11.9. The average molecular weight is 397 g/mol. The van der Waals surface area contributed by atoms with Crippen molar-refractivity contribution in [3.8, 4) is 0 Å². The van der Waals surface area contributed by atoms with Crippen LogP contribution in [0.4, 0.5) is 11.4 Å². The first kappa shape index (κ1) is 22.5. The molecule has 0 aliphatic carbocycles. The standard InChI is InChI=1S/C24H32N2O3/c1-3-5-7-8-11-18-14-15-19(22(17-18)25-16-6-4-2)23(27)26-21-13-10-9-12-20(21)24(28)29/h9-10,12-15,17,25H,3-8,11,16H2,1-2H3,(H,26,27)(H,28,29). The second-order valence-electron chi connectivity index (χ2n) is 7.28. The molecule has 0 heterocycles. The van der Waals surface area contributed by atoms with E-state index >= 15 is 0 Å². The highest BCUT2D eigenvalue weighted by molar-refractivity contribution is 6.10. The van der Waals surface area contributed by atoms with Crippen LogP contribution in [-0.4, -0.2) is 23.5 Å². The maximum Gasteiger partial charge on any atom is 0.337 e. The SMILES string of the molecule is CCCCCCc1ccc(C(=O)Nc2ccccc2C(=O)O)c(NCCCC)c1. The van der Waals surface area contributed by atoms with Crippen LogP contribution in [0.25, 0.3) is 0 Å². The molecule has 3 N–H and O–H groups in total. The van der Waals surface area contributed by atoms with Crippen molar-refractivity contribution in [3.63, 3.8) is 0 Å². The molecular formula is C24H32N2O3. The number of carboxylic acids is 1. The molecule has 156 valence electrons. The molecule has 29 heavy (non-hydrogen) atoms. The zero-order chi connectivity index (χ0) is 21.1. The molecular weight excluding hydrogens is 364 g/mol. The van der Waals surface area contributed by atoms with Gasteiger partial charge in [-0.1, -0.05) is 57.7 Å². The van der Waals surface area contributed by atoms with E-state index in [1.807, 2.05) is 12.1 Å². The highest BCUT2D eigenvalue weighted by Gasteiger charge is 2.16. The summed E-state index contributed by atoms with van der Waals surface area (Å²) < 4.78 is 0. The first-order valence-corrected chi connectivity index (χ1v) is 10.6. The highest BCUT2D eigenvalue weighted by Crippen LogP contribution is 2.23. The monoisotopic (exact) mass is 396 g/mol. The van der Waals surface area contributed by atoms with Gasteiger partial charge in [-0.15, -0.1) is 0 Å². The van der Waals surface area contributed by atoms with Crippen LogP contribution in [0.3, 0.4) is 0 Å². The fraction of sp³-hybridized carbons (Fsp3) is 0.417. The van der Waals surface area contributed by atoms with Crippen LogP contribution in [-0.2, 0) is 6.42 Å². The Hall–Kier alpha value is -2.82. The Morgan fingerprint density at radius 2 is 1.62 bits per heavy atom. The van der Waals surface area contributed by atoms with Gasteiger partial charge in [0.15, 0.2) is 0 Å². The molecule has 2 aromatic carbocycles. The summed E-state index contributed by atoms with van der Waals surface area (Å²) in [5, 5.41) is 15.5. The third-order valence-corrected chi connectivity index (χ3v) is 4.90. The van der Waals surface area contributed by atoms with Crippen LogP contribution >= 0.6 is 0 Å². The fourth-order valence-electron chi connectivity index (χ4n) is 3.22. The molecule has 0 aliphatic rings. The number of carboxylic acid groups (broad SMARTS) is 1. The molecule has 0 saturated carbocycles. The van der Waals surface area contributed by atoms with Gasteiger partial charge in [-0.25, -0.2) is 4.79 Å². The van der Waals surface area contributed by atoms with Gasteiger partial charge >= 0.3 is 5.97 Å². The number of para-hydroxylation sites is 1. The van der Waals surface area contributed by atoms with Gasteiger partial charge in [-0.3, -0.25) is 4.79 Å². The smallest absolute Gasteiger partial charge is 0.337 e. The molecule has 0 atom stereocenters. The molecule has 0 fully saturated rings. The van der Waals surface area contributed by atoms with E-state index in [0.717, 1.165) is 37.9 Å². The maximum absolute atomic E-state index is 12.9. The van der Waals surface area contributed by atoms with Gasteiger partial charge in [0, 0.05) is 12.2 Å². The lowest BCUT2D eigenvalue weighted by atomic mass is 10.0. The van der Waals surface area contributed by atoms with Gasteiger partial charge in [-0.2, -0.15) is 0 Å². The molecule has 0 spiro atoms. The normalized spacial score (nSPS) is 10.6. The number of nitrogens with one attached hydrogen (secondary N) is 2. The molecule has 0 aromatic heterocycles. The van der Waals surface area contributed by atoms with Crippen molar-refractivity contribution >= 4 is 23.3 Å². The molecule has 2 aromatic rings. The molecule has 1 amide bonds.